The van der Waals surface area contributed by atoms with E-state index in [1.807, 2.05) is 37.3 Å². The third-order valence-electron chi connectivity index (χ3n) is 3.35. The first-order chi connectivity index (χ1) is 11.2. The first kappa shape index (κ1) is 14.8. The molecule has 3 aromatic rings. The highest BCUT2D eigenvalue weighted by molar-refractivity contribution is 6.04. The first-order valence-corrected chi connectivity index (χ1v) is 7.24. The molecule has 0 aliphatic heterocycles. The zero-order valence-corrected chi connectivity index (χ0v) is 12.9. The second kappa shape index (κ2) is 6.35. The summed E-state index contributed by atoms with van der Waals surface area (Å²) in [4.78, 5) is 12.4. The zero-order valence-electron chi connectivity index (χ0n) is 12.9. The van der Waals surface area contributed by atoms with Crippen molar-refractivity contribution in [3.63, 3.8) is 0 Å². The highest BCUT2D eigenvalue weighted by Gasteiger charge is 2.19. The van der Waals surface area contributed by atoms with E-state index in [1.165, 1.54) is 7.11 Å². The van der Waals surface area contributed by atoms with Crippen LogP contribution in [0.4, 0.5) is 5.69 Å². The van der Waals surface area contributed by atoms with Crippen LogP contribution in [-0.2, 0) is 6.54 Å². The Balaban J connectivity index is 1.86. The Morgan fingerprint density at radius 1 is 1.26 bits per heavy atom. The van der Waals surface area contributed by atoms with Crippen LogP contribution in [0, 0.1) is 0 Å². The van der Waals surface area contributed by atoms with Crippen LogP contribution in [0.2, 0.25) is 0 Å². The van der Waals surface area contributed by atoms with Crippen molar-refractivity contribution in [2.75, 3.05) is 12.4 Å². The highest BCUT2D eigenvalue weighted by Crippen LogP contribution is 2.20. The van der Waals surface area contributed by atoms with E-state index in [0.717, 1.165) is 12.2 Å². The van der Waals surface area contributed by atoms with Crippen molar-refractivity contribution in [2.45, 2.75) is 13.5 Å². The predicted molar refractivity (Wildman–Crippen MR) is 86.0 cm³/mol. The Kier molecular flexibility index (Phi) is 4.09. The number of methoxy groups -OCH3 is 1. The van der Waals surface area contributed by atoms with Crippen LogP contribution < -0.4 is 10.1 Å². The second-order valence-electron chi connectivity index (χ2n) is 4.87. The van der Waals surface area contributed by atoms with Crippen LogP contribution in [0.5, 0.6) is 5.75 Å². The number of benzene rings is 1. The fraction of sp³-hybridized carbons (Fsp3) is 0.188. The van der Waals surface area contributed by atoms with Crippen LogP contribution in [0.25, 0.3) is 5.69 Å². The molecule has 1 N–H and O–H groups in total. The molecule has 0 bridgehead atoms. The lowest BCUT2D eigenvalue weighted by atomic mass is 10.3. The summed E-state index contributed by atoms with van der Waals surface area (Å²) in [6.07, 6.45) is 5.04. The van der Waals surface area contributed by atoms with Crippen LogP contribution in [0.1, 0.15) is 17.4 Å². The molecule has 118 valence electrons. The molecule has 7 heteroatoms. The Labute approximate surface area is 133 Å². The van der Waals surface area contributed by atoms with Gasteiger partial charge in [0.05, 0.1) is 30.9 Å². The molecule has 2 heterocycles. The fourth-order valence-electron chi connectivity index (χ4n) is 2.17. The van der Waals surface area contributed by atoms with Gasteiger partial charge in [-0.25, -0.2) is 4.68 Å². The number of hydrogen-bond acceptors (Lipinski definition) is 4. The number of nitrogens with zero attached hydrogens (tertiary/aromatic N) is 4. The van der Waals surface area contributed by atoms with Crippen molar-refractivity contribution in [2.24, 2.45) is 0 Å². The fourth-order valence-corrected chi connectivity index (χ4v) is 2.17. The minimum absolute atomic E-state index is 0.223. The molecule has 23 heavy (non-hydrogen) atoms. The summed E-state index contributed by atoms with van der Waals surface area (Å²) >= 11 is 0. The largest absolute Gasteiger partial charge is 0.493 e. The number of aryl methyl sites for hydroxylation is 1. The molecule has 3 rings (SSSR count). The number of nitrogens with one attached hydrogen (secondary N) is 1. The molecule has 0 aliphatic rings. The molecule has 0 unspecified atom stereocenters. The number of aromatic nitrogens is 4. The van der Waals surface area contributed by atoms with Gasteiger partial charge in [-0.3, -0.25) is 9.48 Å². The normalized spacial score (nSPS) is 10.5. The van der Waals surface area contributed by atoms with Gasteiger partial charge in [-0.05, 0) is 19.1 Å². The summed E-state index contributed by atoms with van der Waals surface area (Å²) in [5.74, 6) is 0.0708. The van der Waals surface area contributed by atoms with Gasteiger partial charge in [0.25, 0.3) is 5.91 Å². The quantitative estimate of drug-likeness (QED) is 0.785. The van der Waals surface area contributed by atoms with E-state index in [1.54, 1.807) is 28.0 Å². The lowest BCUT2D eigenvalue weighted by Crippen LogP contribution is -2.13. The average molecular weight is 311 g/mol. The minimum Gasteiger partial charge on any atom is -0.493 e. The smallest absolute Gasteiger partial charge is 0.280 e. The molecule has 0 radical (unpaired) electrons. The molecule has 0 spiro atoms. The zero-order chi connectivity index (χ0) is 16.2. The lowest BCUT2D eigenvalue weighted by Gasteiger charge is -2.01. The number of ether oxygens (including phenoxy) is 1. The lowest BCUT2D eigenvalue weighted by molar-refractivity contribution is 0.101. The van der Waals surface area contributed by atoms with Crippen LogP contribution >= 0.6 is 0 Å². The van der Waals surface area contributed by atoms with Gasteiger partial charge in [-0.2, -0.15) is 10.2 Å². The standard InChI is InChI=1S/C16H17N5O2/c1-3-20-10-12(9-17-20)18-16(22)15-14(23-2)11-21(19-15)13-7-5-4-6-8-13/h4-11H,3H2,1-2H3,(H,18,22). The van der Waals surface area contributed by atoms with Crippen LogP contribution in [0.15, 0.2) is 48.9 Å². The molecule has 1 amide bonds. The molecule has 1 aromatic carbocycles. The summed E-state index contributed by atoms with van der Waals surface area (Å²) in [5, 5.41) is 11.2. The summed E-state index contributed by atoms with van der Waals surface area (Å²) in [6, 6.07) is 9.53. The van der Waals surface area contributed by atoms with E-state index in [4.69, 9.17) is 4.74 Å². The maximum absolute atomic E-state index is 12.4. The number of carbonyl (C=O) groups excluding carboxylic acids is 1. The number of anilines is 1. The molecular weight excluding hydrogens is 294 g/mol. The molecule has 7 nitrogen and oxygen atoms in total. The van der Waals surface area contributed by atoms with Gasteiger partial charge in [0, 0.05) is 12.7 Å². The summed E-state index contributed by atoms with van der Waals surface area (Å²) in [6.45, 7) is 2.71. The van der Waals surface area contributed by atoms with Gasteiger partial charge < -0.3 is 10.1 Å². The van der Waals surface area contributed by atoms with Crippen molar-refractivity contribution in [1.29, 1.82) is 0 Å². The monoisotopic (exact) mass is 311 g/mol. The van der Waals surface area contributed by atoms with Crippen molar-refractivity contribution < 1.29 is 9.53 Å². The predicted octanol–water partition coefficient (Wildman–Crippen LogP) is 2.35. The average Bonchev–Trinajstić information content (AvgIpc) is 3.22. The Morgan fingerprint density at radius 2 is 2.04 bits per heavy atom. The minimum atomic E-state index is -0.341. The van der Waals surface area contributed by atoms with E-state index in [9.17, 15) is 4.79 Å². The molecule has 2 aromatic heterocycles. The maximum atomic E-state index is 12.4. The maximum Gasteiger partial charge on any atom is 0.280 e. The van der Waals surface area contributed by atoms with Crippen molar-refractivity contribution in [3.8, 4) is 11.4 Å². The second-order valence-corrected chi connectivity index (χ2v) is 4.87. The SMILES string of the molecule is CCn1cc(NC(=O)c2nn(-c3ccccc3)cc2OC)cn1. The van der Waals surface area contributed by atoms with E-state index in [-0.39, 0.29) is 11.6 Å². The Morgan fingerprint density at radius 3 is 2.70 bits per heavy atom. The highest BCUT2D eigenvalue weighted by atomic mass is 16.5. The van der Waals surface area contributed by atoms with Gasteiger partial charge in [0.15, 0.2) is 11.4 Å². The molecule has 0 saturated carbocycles. The van der Waals surface area contributed by atoms with Gasteiger partial charge in [-0.1, -0.05) is 18.2 Å². The Bertz CT molecular complexity index is 807. The van der Waals surface area contributed by atoms with Crippen molar-refractivity contribution >= 4 is 11.6 Å². The molecule has 0 saturated heterocycles. The van der Waals surface area contributed by atoms with E-state index < -0.39 is 0 Å². The van der Waals surface area contributed by atoms with Gasteiger partial charge in [0.1, 0.15) is 0 Å². The van der Waals surface area contributed by atoms with E-state index in [2.05, 4.69) is 15.5 Å². The summed E-state index contributed by atoms with van der Waals surface area (Å²) in [5.41, 5.74) is 1.69. The topological polar surface area (TPSA) is 74.0 Å². The molecule has 0 fully saturated rings. The number of hydrogen-bond donors (Lipinski definition) is 1. The van der Waals surface area contributed by atoms with Crippen LogP contribution in [0.3, 0.4) is 0 Å². The summed E-state index contributed by atoms with van der Waals surface area (Å²) in [7, 11) is 1.51. The third-order valence-corrected chi connectivity index (χ3v) is 3.35. The van der Waals surface area contributed by atoms with Crippen molar-refractivity contribution in [1.82, 2.24) is 19.6 Å². The molecular formula is C16H17N5O2. The van der Waals surface area contributed by atoms with Gasteiger partial charge in [0.2, 0.25) is 0 Å². The van der Waals surface area contributed by atoms with Gasteiger partial charge >= 0.3 is 0 Å². The third kappa shape index (κ3) is 3.08. The first-order valence-electron chi connectivity index (χ1n) is 7.24. The van der Waals surface area contributed by atoms with E-state index in [0.29, 0.717) is 11.4 Å². The van der Waals surface area contributed by atoms with Gasteiger partial charge in [-0.15, -0.1) is 0 Å². The van der Waals surface area contributed by atoms with E-state index >= 15 is 0 Å². The Hall–Kier alpha value is -3.09. The summed E-state index contributed by atoms with van der Waals surface area (Å²) < 4.78 is 8.61. The van der Waals surface area contributed by atoms with Crippen molar-refractivity contribution in [3.05, 3.63) is 54.6 Å². The number of rotatable bonds is 5. The number of amides is 1. The van der Waals surface area contributed by atoms with Crippen LogP contribution in [-0.4, -0.2) is 32.6 Å². The molecule has 0 aliphatic carbocycles. The number of carbonyl (C=O) groups is 1. The molecule has 0 atom stereocenters. The number of para-hydroxylation sites is 1.